The van der Waals surface area contributed by atoms with E-state index in [9.17, 15) is 9.59 Å². The van der Waals surface area contributed by atoms with Crippen molar-refractivity contribution in [3.63, 3.8) is 0 Å². The van der Waals surface area contributed by atoms with Crippen molar-refractivity contribution in [2.45, 2.75) is 25.3 Å². The van der Waals surface area contributed by atoms with Crippen molar-refractivity contribution in [2.75, 3.05) is 20.1 Å². The molecule has 1 unspecified atom stereocenters. The molecule has 0 aliphatic carbocycles. The van der Waals surface area contributed by atoms with Gasteiger partial charge in [-0.05, 0) is 38.5 Å². The second-order valence-electron chi connectivity index (χ2n) is 5.65. The van der Waals surface area contributed by atoms with E-state index in [0.29, 0.717) is 0 Å². The molecule has 1 atom stereocenters. The van der Waals surface area contributed by atoms with E-state index >= 15 is 0 Å². The van der Waals surface area contributed by atoms with Gasteiger partial charge >= 0.3 is 5.97 Å². The summed E-state index contributed by atoms with van der Waals surface area (Å²) < 4.78 is 0. The summed E-state index contributed by atoms with van der Waals surface area (Å²) >= 11 is 0. The van der Waals surface area contributed by atoms with E-state index in [-0.39, 0.29) is 18.2 Å². The number of carboxylic acids is 1. The maximum atomic E-state index is 12.3. The van der Waals surface area contributed by atoms with Crippen molar-refractivity contribution in [1.29, 1.82) is 0 Å². The van der Waals surface area contributed by atoms with E-state index in [1.807, 2.05) is 37.4 Å². The van der Waals surface area contributed by atoms with Gasteiger partial charge in [-0.2, -0.15) is 0 Å². The zero-order chi connectivity index (χ0) is 15.2. The Morgan fingerprint density at radius 1 is 1.29 bits per heavy atom. The van der Waals surface area contributed by atoms with Crippen LogP contribution in [0.1, 0.15) is 30.9 Å². The molecule has 21 heavy (non-hydrogen) atoms. The molecular formula is C16H22N2O3. The van der Waals surface area contributed by atoms with Crippen LogP contribution >= 0.6 is 0 Å². The maximum absolute atomic E-state index is 12.3. The number of hydrogen-bond donors (Lipinski definition) is 2. The minimum Gasteiger partial charge on any atom is -0.481 e. The van der Waals surface area contributed by atoms with Crippen molar-refractivity contribution >= 4 is 11.9 Å². The number of piperidine rings is 1. The second-order valence-corrected chi connectivity index (χ2v) is 5.65. The molecule has 2 N–H and O–H groups in total. The normalized spacial score (nSPS) is 18.1. The van der Waals surface area contributed by atoms with Gasteiger partial charge in [0.05, 0.1) is 12.5 Å². The molecule has 0 radical (unpaired) electrons. The molecule has 1 amide bonds. The van der Waals surface area contributed by atoms with Gasteiger partial charge in [0, 0.05) is 5.92 Å². The highest BCUT2D eigenvalue weighted by atomic mass is 16.4. The van der Waals surface area contributed by atoms with Crippen LogP contribution in [0.4, 0.5) is 0 Å². The first-order valence-corrected chi connectivity index (χ1v) is 7.32. The quantitative estimate of drug-likeness (QED) is 0.865. The first kappa shape index (κ1) is 15.5. The fourth-order valence-electron chi connectivity index (χ4n) is 2.67. The topological polar surface area (TPSA) is 69.6 Å². The summed E-state index contributed by atoms with van der Waals surface area (Å²) in [6.45, 7) is 1.82. The molecule has 1 heterocycles. The minimum absolute atomic E-state index is 0.0128. The Kier molecular flexibility index (Phi) is 5.33. The smallest absolute Gasteiger partial charge is 0.305 e. The number of likely N-dealkylation sites (tertiary alicyclic amines) is 1. The highest BCUT2D eigenvalue weighted by molar-refractivity contribution is 5.80. The van der Waals surface area contributed by atoms with Gasteiger partial charge in [0.2, 0.25) is 5.91 Å². The van der Waals surface area contributed by atoms with Gasteiger partial charge in [0.25, 0.3) is 0 Å². The molecular weight excluding hydrogens is 268 g/mol. The van der Waals surface area contributed by atoms with E-state index in [2.05, 4.69) is 10.2 Å². The Labute approximate surface area is 125 Å². The summed E-state index contributed by atoms with van der Waals surface area (Å²) in [5.74, 6) is -0.952. The number of carbonyl (C=O) groups is 2. The van der Waals surface area contributed by atoms with Gasteiger partial charge in [-0.1, -0.05) is 30.3 Å². The fraction of sp³-hybridized carbons (Fsp3) is 0.500. The van der Waals surface area contributed by atoms with Crippen molar-refractivity contribution in [1.82, 2.24) is 10.2 Å². The molecule has 0 spiro atoms. The molecule has 0 aromatic heterocycles. The fourth-order valence-corrected chi connectivity index (χ4v) is 2.67. The predicted octanol–water partition coefficient (Wildman–Crippen LogP) is 1.66. The Morgan fingerprint density at radius 2 is 1.90 bits per heavy atom. The molecule has 5 nitrogen and oxygen atoms in total. The van der Waals surface area contributed by atoms with Crippen molar-refractivity contribution < 1.29 is 14.7 Å². The van der Waals surface area contributed by atoms with E-state index in [1.165, 1.54) is 0 Å². The molecule has 1 saturated heterocycles. The zero-order valence-corrected chi connectivity index (χ0v) is 12.3. The van der Waals surface area contributed by atoms with Crippen molar-refractivity contribution in [3.05, 3.63) is 35.9 Å². The molecule has 1 aliphatic heterocycles. The van der Waals surface area contributed by atoms with Crippen LogP contribution in [-0.4, -0.2) is 42.0 Å². The highest BCUT2D eigenvalue weighted by Crippen LogP contribution is 2.21. The molecule has 1 aromatic carbocycles. The standard InChI is InChI=1S/C16H22N2O3/c1-18-9-7-13(8-10-18)16(21)17-14(11-15(19)20)12-5-3-2-4-6-12/h2-6,13-14H,7-11H2,1H3,(H,17,21)(H,19,20). The Morgan fingerprint density at radius 3 is 2.48 bits per heavy atom. The van der Waals surface area contributed by atoms with Crippen LogP contribution in [0.25, 0.3) is 0 Å². The summed E-state index contributed by atoms with van der Waals surface area (Å²) in [4.78, 5) is 25.6. The summed E-state index contributed by atoms with van der Waals surface area (Å²) in [7, 11) is 2.05. The lowest BCUT2D eigenvalue weighted by atomic mass is 9.95. The average Bonchev–Trinajstić information content (AvgIpc) is 2.47. The summed E-state index contributed by atoms with van der Waals surface area (Å²) in [5, 5.41) is 12.0. The molecule has 1 fully saturated rings. The van der Waals surface area contributed by atoms with E-state index in [4.69, 9.17) is 5.11 Å². The SMILES string of the molecule is CN1CCC(C(=O)NC(CC(=O)O)c2ccccc2)CC1. The monoisotopic (exact) mass is 290 g/mol. The summed E-state index contributed by atoms with van der Waals surface area (Å²) in [6, 6.07) is 8.82. The van der Waals surface area contributed by atoms with E-state index in [1.54, 1.807) is 0 Å². The van der Waals surface area contributed by atoms with Crippen molar-refractivity contribution in [2.24, 2.45) is 5.92 Å². The van der Waals surface area contributed by atoms with E-state index in [0.717, 1.165) is 31.5 Å². The van der Waals surface area contributed by atoms with Gasteiger partial charge in [-0.3, -0.25) is 9.59 Å². The lowest BCUT2D eigenvalue weighted by molar-refractivity contribution is -0.138. The van der Waals surface area contributed by atoms with Crippen LogP contribution in [0, 0.1) is 5.92 Å². The minimum atomic E-state index is -0.910. The number of nitrogens with one attached hydrogen (secondary N) is 1. The number of nitrogens with zero attached hydrogens (tertiary/aromatic N) is 1. The van der Waals surface area contributed by atoms with Crippen LogP contribution in [0.2, 0.25) is 0 Å². The van der Waals surface area contributed by atoms with Crippen LogP contribution in [0.3, 0.4) is 0 Å². The number of carbonyl (C=O) groups excluding carboxylic acids is 1. The number of rotatable bonds is 5. The zero-order valence-electron chi connectivity index (χ0n) is 12.3. The van der Waals surface area contributed by atoms with Gasteiger partial charge in [-0.15, -0.1) is 0 Å². The summed E-state index contributed by atoms with van der Waals surface area (Å²) in [5.41, 5.74) is 0.834. The summed E-state index contributed by atoms with van der Waals surface area (Å²) in [6.07, 6.45) is 1.57. The lowest BCUT2D eigenvalue weighted by Gasteiger charge is -2.29. The Balaban J connectivity index is 2.01. The predicted molar refractivity (Wildman–Crippen MR) is 79.8 cm³/mol. The third-order valence-corrected chi connectivity index (χ3v) is 3.99. The Bertz CT molecular complexity index is 482. The third-order valence-electron chi connectivity index (χ3n) is 3.99. The molecule has 1 aromatic rings. The second kappa shape index (κ2) is 7.22. The largest absolute Gasteiger partial charge is 0.481 e. The first-order chi connectivity index (χ1) is 10.1. The van der Waals surface area contributed by atoms with Gasteiger partial charge in [0.1, 0.15) is 0 Å². The molecule has 5 heteroatoms. The molecule has 0 bridgehead atoms. The molecule has 114 valence electrons. The maximum Gasteiger partial charge on any atom is 0.305 e. The average molecular weight is 290 g/mol. The first-order valence-electron chi connectivity index (χ1n) is 7.32. The van der Waals surface area contributed by atoms with Crippen molar-refractivity contribution in [3.8, 4) is 0 Å². The number of hydrogen-bond acceptors (Lipinski definition) is 3. The highest BCUT2D eigenvalue weighted by Gasteiger charge is 2.26. The van der Waals surface area contributed by atoms with E-state index < -0.39 is 12.0 Å². The van der Waals surface area contributed by atoms with Gasteiger partial charge in [0.15, 0.2) is 0 Å². The third kappa shape index (κ3) is 4.56. The van der Waals surface area contributed by atoms with Gasteiger partial charge in [-0.25, -0.2) is 0 Å². The molecule has 2 rings (SSSR count). The number of amides is 1. The lowest BCUT2D eigenvalue weighted by Crippen LogP contribution is -2.40. The van der Waals surface area contributed by atoms with Gasteiger partial charge < -0.3 is 15.3 Å². The number of aliphatic carboxylic acids is 1. The van der Waals surface area contributed by atoms with Crippen LogP contribution in [0.5, 0.6) is 0 Å². The van der Waals surface area contributed by atoms with Crippen LogP contribution < -0.4 is 5.32 Å². The van der Waals surface area contributed by atoms with Crippen LogP contribution in [0.15, 0.2) is 30.3 Å². The molecule has 1 aliphatic rings. The van der Waals surface area contributed by atoms with Crippen LogP contribution in [-0.2, 0) is 9.59 Å². The Hall–Kier alpha value is -1.88. The number of benzene rings is 1. The number of carboxylic acid groups (broad SMARTS) is 1. The molecule has 0 saturated carbocycles.